The number of hydrogen-bond acceptors (Lipinski definition) is 5. The zero-order valence-electron chi connectivity index (χ0n) is 18.0. The Morgan fingerprint density at radius 3 is 2.32 bits per heavy atom. The fraction of sp³-hybridized carbons (Fsp3) is 0.435. The van der Waals surface area contributed by atoms with Gasteiger partial charge in [-0.3, -0.25) is 4.90 Å². The van der Waals surface area contributed by atoms with Gasteiger partial charge in [-0.1, -0.05) is 38.1 Å². The number of para-hydroxylation sites is 1. The number of rotatable bonds is 7. The fourth-order valence-electron chi connectivity index (χ4n) is 4.17. The molecule has 1 atom stereocenters. The van der Waals surface area contributed by atoms with E-state index in [9.17, 15) is 8.78 Å². The molecule has 1 aliphatic rings. The van der Waals surface area contributed by atoms with Gasteiger partial charge >= 0.3 is 0 Å². The van der Waals surface area contributed by atoms with Crippen LogP contribution in [0.3, 0.4) is 0 Å². The van der Waals surface area contributed by atoms with Crippen molar-refractivity contribution < 1.29 is 8.78 Å². The fourth-order valence-corrected chi connectivity index (χ4v) is 4.17. The van der Waals surface area contributed by atoms with Crippen LogP contribution in [-0.4, -0.2) is 51.3 Å². The van der Waals surface area contributed by atoms with Gasteiger partial charge in [0, 0.05) is 26.2 Å². The summed E-state index contributed by atoms with van der Waals surface area (Å²) in [6.45, 7) is 7.97. The molecule has 1 unspecified atom stereocenters. The van der Waals surface area contributed by atoms with Crippen LogP contribution in [0.4, 0.5) is 14.5 Å². The molecule has 1 aromatic heterocycles. The molecular weight excluding hydrogens is 398 g/mol. The van der Waals surface area contributed by atoms with Crippen molar-refractivity contribution in [1.82, 2.24) is 25.1 Å². The molecule has 164 valence electrons. The van der Waals surface area contributed by atoms with Gasteiger partial charge in [0.1, 0.15) is 11.6 Å². The number of benzene rings is 2. The SMILES string of the molecule is CC(C)CC(c1nnnn1Cc1ccc(F)cc1)N1CCN(c2ccccc2F)CC1. The van der Waals surface area contributed by atoms with E-state index in [0.29, 0.717) is 18.2 Å². The van der Waals surface area contributed by atoms with Gasteiger partial charge in [-0.05, 0) is 52.6 Å². The predicted octanol–water partition coefficient (Wildman–Crippen LogP) is 3.91. The van der Waals surface area contributed by atoms with Crippen LogP contribution in [-0.2, 0) is 6.54 Å². The largest absolute Gasteiger partial charge is 0.367 e. The number of hydrogen-bond donors (Lipinski definition) is 0. The van der Waals surface area contributed by atoms with E-state index >= 15 is 0 Å². The normalized spacial score (nSPS) is 16.1. The third-order valence-electron chi connectivity index (χ3n) is 5.75. The van der Waals surface area contributed by atoms with Crippen molar-refractivity contribution in [3.05, 3.63) is 71.6 Å². The Labute approximate surface area is 181 Å². The number of nitrogens with zero attached hydrogens (tertiary/aromatic N) is 6. The van der Waals surface area contributed by atoms with Crippen LogP contribution in [0.5, 0.6) is 0 Å². The Balaban J connectivity index is 1.51. The summed E-state index contributed by atoms with van der Waals surface area (Å²) in [6, 6.07) is 13.4. The number of tetrazole rings is 1. The van der Waals surface area contributed by atoms with Crippen molar-refractivity contribution >= 4 is 5.69 Å². The second kappa shape index (κ2) is 9.51. The first-order chi connectivity index (χ1) is 15.0. The average molecular weight is 427 g/mol. The third-order valence-corrected chi connectivity index (χ3v) is 5.75. The molecule has 3 aromatic rings. The number of piperazine rings is 1. The van der Waals surface area contributed by atoms with E-state index in [2.05, 4.69) is 39.2 Å². The van der Waals surface area contributed by atoms with Crippen LogP contribution < -0.4 is 4.90 Å². The lowest BCUT2D eigenvalue weighted by Gasteiger charge is -2.40. The van der Waals surface area contributed by atoms with Gasteiger partial charge in [-0.25, -0.2) is 13.5 Å². The minimum Gasteiger partial charge on any atom is -0.367 e. The molecule has 2 heterocycles. The molecule has 0 aliphatic carbocycles. The summed E-state index contributed by atoms with van der Waals surface area (Å²) < 4.78 is 29.3. The van der Waals surface area contributed by atoms with E-state index in [4.69, 9.17) is 0 Å². The molecule has 31 heavy (non-hydrogen) atoms. The summed E-state index contributed by atoms with van der Waals surface area (Å²) >= 11 is 0. The quantitative estimate of drug-likeness (QED) is 0.573. The predicted molar refractivity (Wildman–Crippen MR) is 116 cm³/mol. The van der Waals surface area contributed by atoms with Crippen LogP contribution in [0, 0.1) is 17.6 Å². The van der Waals surface area contributed by atoms with Gasteiger partial charge in [-0.15, -0.1) is 5.10 Å². The van der Waals surface area contributed by atoms with Crippen molar-refractivity contribution in [1.29, 1.82) is 0 Å². The van der Waals surface area contributed by atoms with Gasteiger partial charge in [0.15, 0.2) is 5.82 Å². The first kappa shape index (κ1) is 21.4. The van der Waals surface area contributed by atoms with Gasteiger partial charge in [0.2, 0.25) is 0 Å². The summed E-state index contributed by atoms with van der Waals surface area (Å²) in [4.78, 5) is 4.49. The van der Waals surface area contributed by atoms with Gasteiger partial charge in [0.25, 0.3) is 0 Å². The Hall–Kier alpha value is -2.87. The first-order valence-electron chi connectivity index (χ1n) is 10.8. The zero-order valence-corrected chi connectivity index (χ0v) is 18.0. The van der Waals surface area contributed by atoms with E-state index < -0.39 is 0 Å². The molecule has 6 nitrogen and oxygen atoms in total. The molecule has 0 radical (unpaired) electrons. The molecule has 2 aromatic carbocycles. The summed E-state index contributed by atoms with van der Waals surface area (Å²) in [7, 11) is 0. The van der Waals surface area contributed by atoms with Crippen LogP contribution in [0.2, 0.25) is 0 Å². The highest BCUT2D eigenvalue weighted by atomic mass is 19.1. The van der Waals surface area contributed by atoms with E-state index in [1.807, 2.05) is 16.8 Å². The molecule has 1 aliphatic heterocycles. The maximum atomic E-state index is 14.2. The zero-order chi connectivity index (χ0) is 21.8. The number of aromatic nitrogens is 4. The van der Waals surface area contributed by atoms with E-state index in [0.717, 1.165) is 44.0 Å². The maximum Gasteiger partial charge on any atom is 0.168 e. The number of halogens is 2. The minimum atomic E-state index is -0.258. The van der Waals surface area contributed by atoms with Crippen LogP contribution in [0.1, 0.15) is 37.7 Å². The lowest BCUT2D eigenvalue weighted by atomic mass is 10.0. The molecular formula is C23H28F2N6. The molecule has 0 saturated carbocycles. The summed E-state index contributed by atoms with van der Waals surface area (Å²) in [5, 5.41) is 12.5. The molecule has 1 fully saturated rings. The van der Waals surface area contributed by atoms with E-state index in [1.54, 1.807) is 18.2 Å². The van der Waals surface area contributed by atoms with Crippen molar-refractivity contribution in [2.75, 3.05) is 31.1 Å². The first-order valence-corrected chi connectivity index (χ1v) is 10.8. The van der Waals surface area contributed by atoms with Crippen LogP contribution >= 0.6 is 0 Å². The Bertz CT molecular complexity index is 980. The summed E-state index contributed by atoms with van der Waals surface area (Å²) in [5.41, 5.74) is 1.60. The standard InChI is InChI=1S/C23H28F2N6/c1-17(2)15-22(23-26-27-28-31(23)16-18-7-9-19(24)10-8-18)30-13-11-29(12-14-30)21-6-4-3-5-20(21)25/h3-10,17,22H,11-16H2,1-2H3. The monoisotopic (exact) mass is 426 g/mol. The molecule has 4 rings (SSSR count). The highest BCUT2D eigenvalue weighted by Crippen LogP contribution is 2.29. The Kier molecular flexibility index (Phi) is 6.56. The van der Waals surface area contributed by atoms with Crippen LogP contribution in [0.25, 0.3) is 0 Å². The smallest absolute Gasteiger partial charge is 0.168 e. The van der Waals surface area contributed by atoms with Crippen molar-refractivity contribution in [2.24, 2.45) is 5.92 Å². The minimum absolute atomic E-state index is 0.0678. The van der Waals surface area contributed by atoms with E-state index in [-0.39, 0.29) is 17.7 Å². The van der Waals surface area contributed by atoms with Gasteiger partial charge in [-0.2, -0.15) is 0 Å². The van der Waals surface area contributed by atoms with Crippen molar-refractivity contribution in [3.8, 4) is 0 Å². The van der Waals surface area contributed by atoms with Crippen molar-refractivity contribution in [2.45, 2.75) is 32.9 Å². The second-order valence-corrected chi connectivity index (χ2v) is 8.44. The second-order valence-electron chi connectivity index (χ2n) is 8.44. The van der Waals surface area contributed by atoms with Crippen LogP contribution in [0.15, 0.2) is 48.5 Å². The molecule has 0 amide bonds. The maximum absolute atomic E-state index is 14.2. The average Bonchev–Trinajstić information content (AvgIpc) is 3.22. The molecule has 0 N–H and O–H groups in total. The Morgan fingerprint density at radius 1 is 0.935 bits per heavy atom. The summed E-state index contributed by atoms with van der Waals surface area (Å²) in [5.74, 6) is 0.840. The van der Waals surface area contributed by atoms with Crippen molar-refractivity contribution in [3.63, 3.8) is 0 Å². The number of anilines is 1. The van der Waals surface area contributed by atoms with E-state index in [1.165, 1.54) is 18.2 Å². The molecule has 0 spiro atoms. The molecule has 1 saturated heterocycles. The molecule has 8 heteroatoms. The highest BCUT2D eigenvalue weighted by molar-refractivity contribution is 5.48. The molecule has 0 bridgehead atoms. The van der Waals surface area contributed by atoms with Gasteiger partial charge in [0.05, 0.1) is 18.3 Å². The van der Waals surface area contributed by atoms with Gasteiger partial charge < -0.3 is 4.90 Å². The topological polar surface area (TPSA) is 50.1 Å². The lowest BCUT2D eigenvalue weighted by molar-refractivity contribution is 0.153. The lowest BCUT2D eigenvalue weighted by Crippen LogP contribution is -2.48. The Morgan fingerprint density at radius 2 is 1.65 bits per heavy atom. The summed E-state index contributed by atoms with van der Waals surface area (Å²) in [6.07, 6.45) is 0.920. The third kappa shape index (κ3) is 5.07. The highest BCUT2D eigenvalue weighted by Gasteiger charge is 2.30.